The summed E-state index contributed by atoms with van der Waals surface area (Å²) in [5, 5.41) is 14.4. The zero-order valence-corrected chi connectivity index (χ0v) is 12.0. The minimum Gasteiger partial charge on any atom is -0.465 e. The third-order valence-corrected chi connectivity index (χ3v) is 2.57. The van der Waals surface area contributed by atoms with E-state index in [2.05, 4.69) is 15.4 Å². The minimum absolute atomic E-state index is 0.0353. The number of hydrogen-bond donors (Lipinski definition) is 2. The lowest BCUT2D eigenvalue weighted by Crippen LogP contribution is -2.25. The molecule has 0 aliphatic heterocycles. The van der Waals surface area contributed by atoms with E-state index < -0.39 is 11.9 Å². The van der Waals surface area contributed by atoms with Crippen LogP contribution in [0.2, 0.25) is 0 Å². The van der Waals surface area contributed by atoms with Gasteiger partial charge in [0.1, 0.15) is 11.6 Å². The van der Waals surface area contributed by atoms with Crippen LogP contribution in [-0.4, -0.2) is 25.5 Å². The molecule has 0 saturated carbocycles. The van der Waals surface area contributed by atoms with Gasteiger partial charge in [-0.2, -0.15) is 5.26 Å². The minimum atomic E-state index is -0.455. The van der Waals surface area contributed by atoms with Crippen molar-refractivity contribution < 1.29 is 14.3 Å². The van der Waals surface area contributed by atoms with Crippen LogP contribution in [0, 0.1) is 11.3 Å². The van der Waals surface area contributed by atoms with E-state index in [1.54, 1.807) is 24.3 Å². The normalized spacial score (nSPS) is 10.4. The lowest BCUT2D eigenvalue weighted by atomic mass is 10.2. The fraction of sp³-hybridized carbons (Fsp3) is 0.267. The molecule has 0 spiro atoms. The number of rotatable bonds is 6. The molecule has 1 amide bonds. The molecular weight excluding hydrogens is 270 g/mol. The van der Waals surface area contributed by atoms with Crippen LogP contribution in [0.25, 0.3) is 0 Å². The molecule has 6 nitrogen and oxygen atoms in total. The first-order chi connectivity index (χ1) is 10.1. The number of anilines is 1. The van der Waals surface area contributed by atoms with E-state index in [1.165, 1.54) is 13.3 Å². The number of methoxy groups -OCH3 is 1. The van der Waals surface area contributed by atoms with Gasteiger partial charge in [-0.1, -0.05) is 13.0 Å². The lowest BCUT2D eigenvalue weighted by Gasteiger charge is -2.05. The van der Waals surface area contributed by atoms with E-state index in [0.29, 0.717) is 17.8 Å². The first-order valence-electron chi connectivity index (χ1n) is 6.45. The SMILES string of the molecule is CCCNC(=O)/C(C#N)=C\Nc1cccc(C(=O)OC)c1. The number of amides is 1. The number of carbonyl (C=O) groups excluding carboxylic acids is 2. The maximum Gasteiger partial charge on any atom is 0.337 e. The highest BCUT2D eigenvalue weighted by Crippen LogP contribution is 2.12. The van der Waals surface area contributed by atoms with Gasteiger partial charge < -0.3 is 15.4 Å². The summed E-state index contributed by atoms with van der Waals surface area (Å²) in [7, 11) is 1.30. The fourth-order valence-electron chi connectivity index (χ4n) is 1.49. The van der Waals surface area contributed by atoms with Crippen molar-refractivity contribution in [3.63, 3.8) is 0 Å². The summed E-state index contributed by atoms with van der Waals surface area (Å²) in [5.41, 5.74) is 0.922. The number of nitrogens with zero attached hydrogens (tertiary/aromatic N) is 1. The summed E-state index contributed by atoms with van der Waals surface area (Å²) >= 11 is 0. The second kappa shape index (κ2) is 8.38. The van der Waals surface area contributed by atoms with E-state index in [-0.39, 0.29) is 5.57 Å². The predicted molar refractivity (Wildman–Crippen MR) is 78.4 cm³/mol. The van der Waals surface area contributed by atoms with Gasteiger partial charge in [-0.25, -0.2) is 4.79 Å². The summed E-state index contributed by atoms with van der Waals surface area (Å²) in [6, 6.07) is 8.39. The Morgan fingerprint density at radius 3 is 2.81 bits per heavy atom. The van der Waals surface area contributed by atoms with Crippen molar-refractivity contribution in [1.82, 2.24) is 5.32 Å². The molecule has 0 bridgehead atoms. The zero-order valence-electron chi connectivity index (χ0n) is 12.0. The first-order valence-corrected chi connectivity index (χ1v) is 6.45. The standard InChI is InChI=1S/C15H17N3O3/c1-3-7-17-14(19)12(9-16)10-18-13-6-4-5-11(8-13)15(20)21-2/h4-6,8,10,18H,3,7H2,1-2H3,(H,17,19)/b12-10-. The Morgan fingerprint density at radius 1 is 1.43 bits per heavy atom. The van der Waals surface area contributed by atoms with Crippen LogP contribution in [0.15, 0.2) is 36.0 Å². The van der Waals surface area contributed by atoms with Gasteiger partial charge in [0.05, 0.1) is 12.7 Å². The molecule has 0 aliphatic carbocycles. The van der Waals surface area contributed by atoms with Crippen LogP contribution in [0.1, 0.15) is 23.7 Å². The predicted octanol–water partition coefficient (Wildman–Crippen LogP) is 1.82. The monoisotopic (exact) mass is 287 g/mol. The molecule has 1 aromatic carbocycles. The number of esters is 1. The number of nitrogens with one attached hydrogen (secondary N) is 2. The Bertz CT molecular complexity index is 588. The highest BCUT2D eigenvalue weighted by atomic mass is 16.5. The zero-order chi connectivity index (χ0) is 15.7. The number of carbonyl (C=O) groups is 2. The van der Waals surface area contributed by atoms with Crippen LogP contribution >= 0.6 is 0 Å². The second-order valence-electron chi connectivity index (χ2n) is 4.14. The van der Waals surface area contributed by atoms with Crippen molar-refractivity contribution in [3.05, 3.63) is 41.6 Å². The molecule has 0 aliphatic rings. The molecule has 0 heterocycles. The van der Waals surface area contributed by atoms with Crippen LogP contribution in [0.4, 0.5) is 5.69 Å². The van der Waals surface area contributed by atoms with Crippen LogP contribution in [0.3, 0.4) is 0 Å². The maximum atomic E-state index is 11.7. The molecule has 0 aromatic heterocycles. The van der Waals surface area contributed by atoms with Gasteiger partial charge in [0, 0.05) is 18.4 Å². The van der Waals surface area contributed by atoms with Crippen LogP contribution < -0.4 is 10.6 Å². The highest BCUT2D eigenvalue weighted by molar-refractivity contribution is 5.97. The highest BCUT2D eigenvalue weighted by Gasteiger charge is 2.08. The smallest absolute Gasteiger partial charge is 0.337 e. The van der Waals surface area contributed by atoms with Crippen molar-refractivity contribution in [2.45, 2.75) is 13.3 Å². The van der Waals surface area contributed by atoms with Gasteiger partial charge in [-0.3, -0.25) is 4.79 Å². The molecule has 6 heteroatoms. The number of hydrogen-bond acceptors (Lipinski definition) is 5. The van der Waals surface area contributed by atoms with Crippen molar-refractivity contribution in [3.8, 4) is 6.07 Å². The Kier molecular flexibility index (Phi) is 6.48. The van der Waals surface area contributed by atoms with Gasteiger partial charge in [0.25, 0.3) is 5.91 Å². The van der Waals surface area contributed by atoms with E-state index in [1.807, 2.05) is 13.0 Å². The van der Waals surface area contributed by atoms with Crippen LogP contribution in [0.5, 0.6) is 0 Å². The van der Waals surface area contributed by atoms with E-state index in [4.69, 9.17) is 5.26 Å². The van der Waals surface area contributed by atoms with Crippen molar-refractivity contribution in [2.24, 2.45) is 0 Å². The first kappa shape index (κ1) is 16.2. The van der Waals surface area contributed by atoms with Crippen LogP contribution in [-0.2, 0) is 9.53 Å². The molecule has 110 valence electrons. The molecule has 1 rings (SSSR count). The molecule has 2 N–H and O–H groups in total. The summed E-state index contributed by atoms with van der Waals surface area (Å²) < 4.78 is 4.62. The Morgan fingerprint density at radius 2 is 2.19 bits per heavy atom. The Labute approximate surface area is 123 Å². The van der Waals surface area contributed by atoms with Gasteiger partial charge in [0.15, 0.2) is 0 Å². The topological polar surface area (TPSA) is 91.2 Å². The summed E-state index contributed by atoms with van der Waals surface area (Å²) in [6.07, 6.45) is 2.10. The van der Waals surface area contributed by atoms with E-state index in [0.717, 1.165) is 6.42 Å². The lowest BCUT2D eigenvalue weighted by molar-refractivity contribution is -0.117. The van der Waals surface area contributed by atoms with Crippen molar-refractivity contribution >= 4 is 17.6 Å². The largest absolute Gasteiger partial charge is 0.465 e. The molecule has 0 radical (unpaired) electrons. The maximum absolute atomic E-state index is 11.7. The summed E-state index contributed by atoms with van der Waals surface area (Å²) in [6.45, 7) is 2.43. The molecule has 1 aromatic rings. The molecular formula is C15H17N3O3. The Balaban J connectivity index is 2.80. The Hall–Kier alpha value is -2.81. The number of nitriles is 1. The fourth-order valence-corrected chi connectivity index (χ4v) is 1.49. The van der Waals surface area contributed by atoms with Gasteiger partial charge >= 0.3 is 5.97 Å². The second-order valence-corrected chi connectivity index (χ2v) is 4.14. The quantitative estimate of drug-likeness (QED) is 0.473. The molecule has 0 atom stereocenters. The van der Waals surface area contributed by atoms with E-state index in [9.17, 15) is 9.59 Å². The summed E-state index contributed by atoms with van der Waals surface area (Å²) in [4.78, 5) is 23.1. The molecule has 0 saturated heterocycles. The molecule has 0 unspecified atom stereocenters. The third-order valence-electron chi connectivity index (χ3n) is 2.57. The van der Waals surface area contributed by atoms with Crippen molar-refractivity contribution in [2.75, 3.05) is 19.0 Å². The van der Waals surface area contributed by atoms with E-state index >= 15 is 0 Å². The van der Waals surface area contributed by atoms with Crippen molar-refractivity contribution in [1.29, 1.82) is 5.26 Å². The third kappa shape index (κ3) is 4.99. The number of ether oxygens (including phenoxy) is 1. The summed E-state index contributed by atoms with van der Waals surface area (Å²) in [5.74, 6) is -0.889. The molecule has 0 fully saturated rings. The average molecular weight is 287 g/mol. The van der Waals surface area contributed by atoms with Gasteiger partial charge in [-0.15, -0.1) is 0 Å². The average Bonchev–Trinajstić information content (AvgIpc) is 2.52. The van der Waals surface area contributed by atoms with Gasteiger partial charge in [-0.05, 0) is 24.6 Å². The van der Waals surface area contributed by atoms with Gasteiger partial charge in [0.2, 0.25) is 0 Å². The molecule has 21 heavy (non-hydrogen) atoms. The number of benzene rings is 1.